The zero-order valence-electron chi connectivity index (χ0n) is 8.62. The van der Waals surface area contributed by atoms with Gasteiger partial charge in [-0.2, -0.15) is 0 Å². The molecule has 2 rings (SSSR count). The second-order valence-electron chi connectivity index (χ2n) is 3.44. The van der Waals surface area contributed by atoms with Gasteiger partial charge in [-0.15, -0.1) is 0 Å². The molecule has 3 heteroatoms. The van der Waals surface area contributed by atoms with Crippen molar-refractivity contribution in [1.82, 2.24) is 4.98 Å². The Morgan fingerprint density at radius 3 is 3.00 bits per heavy atom. The predicted octanol–water partition coefficient (Wildman–Crippen LogP) is 2.77. The summed E-state index contributed by atoms with van der Waals surface area (Å²) in [6, 6.07) is 7.61. The molecule has 1 heterocycles. The zero-order valence-corrected chi connectivity index (χ0v) is 8.62. The lowest BCUT2D eigenvalue weighted by atomic mass is 10.2. The summed E-state index contributed by atoms with van der Waals surface area (Å²) in [5, 5.41) is 1.03. The van der Waals surface area contributed by atoms with E-state index < -0.39 is 0 Å². The van der Waals surface area contributed by atoms with Crippen molar-refractivity contribution < 1.29 is 9.53 Å². The lowest BCUT2D eigenvalue weighted by Gasteiger charge is -2.03. The van der Waals surface area contributed by atoms with Crippen molar-refractivity contribution in [3.05, 3.63) is 30.0 Å². The fourth-order valence-electron chi connectivity index (χ4n) is 1.50. The Balaban J connectivity index is 2.33. The molecule has 0 aliphatic heterocycles. The number of hydrogen-bond donors (Lipinski definition) is 1. The number of carbonyl (C=O) groups excluding carboxylic acids is 1. The van der Waals surface area contributed by atoms with Crippen molar-refractivity contribution in [3.8, 4) is 5.75 Å². The first-order chi connectivity index (χ1) is 7.33. The first kappa shape index (κ1) is 9.77. The first-order valence-electron chi connectivity index (χ1n) is 5.04. The number of H-pyrrole nitrogens is 1. The number of benzene rings is 1. The smallest absolute Gasteiger partial charge is 0.166 e. The van der Waals surface area contributed by atoms with Crippen LogP contribution in [-0.4, -0.2) is 17.9 Å². The van der Waals surface area contributed by atoms with E-state index in [1.54, 1.807) is 0 Å². The third-order valence-electron chi connectivity index (χ3n) is 2.21. The molecule has 3 nitrogen and oxygen atoms in total. The average molecular weight is 203 g/mol. The van der Waals surface area contributed by atoms with Gasteiger partial charge in [0.25, 0.3) is 0 Å². The lowest BCUT2D eigenvalue weighted by molar-refractivity contribution is 0.112. The summed E-state index contributed by atoms with van der Waals surface area (Å²) < 4.78 is 5.50. The maximum absolute atomic E-state index is 10.6. The number of rotatable bonds is 4. The standard InChI is InChI=1S/C12H13NO2/c1-2-5-15-11-4-3-9-6-10(8-14)13-12(9)7-11/h3-4,6-8,13H,2,5H2,1H3. The van der Waals surface area contributed by atoms with Gasteiger partial charge in [0.2, 0.25) is 0 Å². The Kier molecular flexibility index (Phi) is 2.72. The second-order valence-corrected chi connectivity index (χ2v) is 3.44. The molecule has 0 atom stereocenters. The van der Waals surface area contributed by atoms with Gasteiger partial charge in [0.05, 0.1) is 12.3 Å². The Bertz CT molecular complexity index is 473. The molecule has 0 aliphatic carbocycles. The molecule has 0 fully saturated rings. The van der Waals surface area contributed by atoms with Gasteiger partial charge in [0.15, 0.2) is 6.29 Å². The summed E-state index contributed by atoms with van der Waals surface area (Å²) in [6.45, 7) is 2.78. The minimum atomic E-state index is 0.595. The van der Waals surface area contributed by atoms with E-state index >= 15 is 0 Å². The van der Waals surface area contributed by atoms with Crippen molar-refractivity contribution in [2.45, 2.75) is 13.3 Å². The minimum absolute atomic E-state index is 0.595. The number of ether oxygens (including phenoxy) is 1. The van der Waals surface area contributed by atoms with E-state index in [1.165, 1.54) is 0 Å². The fraction of sp³-hybridized carbons (Fsp3) is 0.250. The van der Waals surface area contributed by atoms with E-state index in [-0.39, 0.29) is 0 Å². The molecule has 0 saturated carbocycles. The van der Waals surface area contributed by atoms with Crippen LogP contribution >= 0.6 is 0 Å². The number of hydrogen-bond acceptors (Lipinski definition) is 2. The summed E-state index contributed by atoms with van der Waals surface area (Å²) >= 11 is 0. The molecular weight excluding hydrogens is 190 g/mol. The molecular formula is C12H13NO2. The van der Waals surface area contributed by atoms with Crippen LogP contribution in [0.2, 0.25) is 0 Å². The normalized spacial score (nSPS) is 10.5. The maximum Gasteiger partial charge on any atom is 0.166 e. The van der Waals surface area contributed by atoms with Crippen LogP contribution in [0.25, 0.3) is 10.9 Å². The van der Waals surface area contributed by atoms with Crippen LogP contribution in [0.5, 0.6) is 5.75 Å². The van der Waals surface area contributed by atoms with E-state index in [0.29, 0.717) is 12.3 Å². The molecule has 2 aromatic rings. The van der Waals surface area contributed by atoms with E-state index in [4.69, 9.17) is 4.74 Å². The summed E-state index contributed by atoms with van der Waals surface area (Å²) in [4.78, 5) is 13.6. The van der Waals surface area contributed by atoms with Crippen molar-refractivity contribution in [2.75, 3.05) is 6.61 Å². The number of aromatic amines is 1. The minimum Gasteiger partial charge on any atom is -0.494 e. The van der Waals surface area contributed by atoms with Crippen LogP contribution < -0.4 is 4.74 Å². The van der Waals surface area contributed by atoms with Crippen molar-refractivity contribution in [3.63, 3.8) is 0 Å². The highest BCUT2D eigenvalue weighted by Gasteiger charge is 2.01. The Morgan fingerprint density at radius 1 is 1.40 bits per heavy atom. The molecule has 0 aliphatic rings. The lowest BCUT2D eigenvalue weighted by Crippen LogP contribution is -1.94. The zero-order chi connectivity index (χ0) is 10.7. The molecule has 0 saturated heterocycles. The summed E-state index contributed by atoms with van der Waals surface area (Å²) in [5.74, 6) is 0.837. The molecule has 0 spiro atoms. The quantitative estimate of drug-likeness (QED) is 0.776. The van der Waals surface area contributed by atoms with Crippen LogP contribution in [0.15, 0.2) is 24.3 Å². The van der Waals surface area contributed by atoms with Crippen LogP contribution in [0.4, 0.5) is 0 Å². The molecule has 0 amide bonds. The van der Waals surface area contributed by atoms with Gasteiger partial charge in [-0.25, -0.2) is 0 Å². The van der Waals surface area contributed by atoms with Crippen molar-refractivity contribution >= 4 is 17.2 Å². The highest BCUT2D eigenvalue weighted by atomic mass is 16.5. The highest BCUT2D eigenvalue weighted by Crippen LogP contribution is 2.21. The van der Waals surface area contributed by atoms with Gasteiger partial charge in [0.1, 0.15) is 5.75 Å². The molecule has 0 radical (unpaired) electrons. The van der Waals surface area contributed by atoms with E-state index in [0.717, 1.165) is 29.4 Å². The Labute approximate surface area is 88.1 Å². The van der Waals surface area contributed by atoms with E-state index in [9.17, 15) is 4.79 Å². The number of aromatic nitrogens is 1. The molecule has 1 aromatic carbocycles. The van der Waals surface area contributed by atoms with Gasteiger partial charge in [-0.3, -0.25) is 4.79 Å². The molecule has 15 heavy (non-hydrogen) atoms. The molecule has 0 unspecified atom stereocenters. The number of carbonyl (C=O) groups is 1. The van der Waals surface area contributed by atoms with Gasteiger partial charge in [-0.05, 0) is 24.6 Å². The van der Waals surface area contributed by atoms with Crippen molar-refractivity contribution in [1.29, 1.82) is 0 Å². The molecule has 1 N–H and O–H groups in total. The predicted molar refractivity (Wildman–Crippen MR) is 59.5 cm³/mol. The number of aldehydes is 1. The highest BCUT2D eigenvalue weighted by molar-refractivity contribution is 5.88. The van der Waals surface area contributed by atoms with Crippen LogP contribution in [-0.2, 0) is 0 Å². The molecule has 78 valence electrons. The topological polar surface area (TPSA) is 42.1 Å². The average Bonchev–Trinajstić information content (AvgIpc) is 2.68. The first-order valence-corrected chi connectivity index (χ1v) is 5.04. The summed E-state index contributed by atoms with van der Waals surface area (Å²) in [6.07, 6.45) is 1.80. The Morgan fingerprint density at radius 2 is 2.27 bits per heavy atom. The van der Waals surface area contributed by atoms with E-state index in [2.05, 4.69) is 11.9 Å². The SMILES string of the molecule is CCCOc1ccc2cc(C=O)[nH]c2c1. The van der Waals surface area contributed by atoms with Crippen LogP contribution in [0, 0.1) is 0 Å². The largest absolute Gasteiger partial charge is 0.494 e. The van der Waals surface area contributed by atoms with Crippen LogP contribution in [0.3, 0.4) is 0 Å². The van der Waals surface area contributed by atoms with Gasteiger partial charge >= 0.3 is 0 Å². The fourth-order valence-corrected chi connectivity index (χ4v) is 1.50. The second kappa shape index (κ2) is 4.17. The van der Waals surface area contributed by atoms with Crippen molar-refractivity contribution in [2.24, 2.45) is 0 Å². The van der Waals surface area contributed by atoms with E-state index in [1.807, 2.05) is 24.3 Å². The summed E-state index contributed by atoms with van der Waals surface area (Å²) in [7, 11) is 0. The third kappa shape index (κ3) is 2.01. The Hall–Kier alpha value is -1.77. The third-order valence-corrected chi connectivity index (χ3v) is 2.21. The maximum atomic E-state index is 10.6. The van der Waals surface area contributed by atoms with Gasteiger partial charge in [0, 0.05) is 17.0 Å². The molecule has 1 aromatic heterocycles. The molecule has 0 bridgehead atoms. The monoisotopic (exact) mass is 203 g/mol. The van der Waals surface area contributed by atoms with Crippen LogP contribution in [0.1, 0.15) is 23.8 Å². The van der Waals surface area contributed by atoms with Gasteiger partial charge in [-0.1, -0.05) is 6.92 Å². The number of nitrogens with one attached hydrogen (secondary N) is 1. The van der Waals surface area contributed by atoms with Gasteiger partial charge < -0.3 is 9.72 Å². The summed E-state index contributed by atoms with van der Waals surface area (Å²) in [5.41, 5.74) is 1.53. The number of fused-ring (bicyclic) bond motifs is 1.